The molecule has 1 aliphatic heterocycles. The van der Waals surface area contributed by atoms with Crippen LogP contribution < -0.4 is 16.0 Å². The molecule has 1 aromatic carbocycles. The van der Waals surface area contributed by atoms with E-state index in [9.17, 15) is 24.0 Å². The molecular weight excluding hydrogens is 670 g/mol. The Labute approximate surface area is 310 Å². The van der Waals surface area contributed by atoms with Gasteiger partial charge in [-0.25, -0.2) is 0 Å². The van der Waals surface area contributed by atoms with E-state index in [0.717, 1.165) is 0 Å². The molecular formula is C38H63N5O9. The van der Waals surface area contributed by atoms with Gasteiger partial charge in [0, 0.05) is 42.0 Å². The molecule has 1 saturated heterocycles. The Bertz CT molecular complexity index is 1300. The maximum atomic E-state index is 14.2. The normalized spacial score (nSPS) is 22.2. The van der Waals surface area contributed by atoms with E-state index in [-0.39, 0.29) is 48.4 Å². The molecule has 52 heavy (non-hydrogen) atoms. The third-order valence-corrected chi connectivity index (χ3v) is 10.2. The number of carbonyl (C=O) groups is 5. The van der Waals surface area contributed by atoms with Crippen LogP contribution in [0.2, 0.25) is 0 Å². The summed E-state index contributed by atoms with van der Waals surface area (Å²) in [5.74, 6) is -1.52. The minimum atomic E-state index is -1.10. The van der Waals surface area contributed by atoms with Gasteiger partial charge in [-0.3, -0.25) is 19.2 Å². The highest BCUT2D eigenvalue weighted by atomic mass is 16.6. The summed E-state index contributed by atoms with van der Waals surface area (Å²) < 4.78 is 23.2. The Kier molecular flexibility index (Phi) is 18.3. The van der Waals surface area contributed by atoms with Crippen LogP contribution in [0, 0.1) is 17.8 Å². The Hall–Kier alpha value is -3.43. The molecule has 4 amide bonds. The van der Waals surface area contributed by atoms with Crippen LogP contribution in [0.15, 0.2) is 30.3 Å². The van der Waals surface area contributed by atoms with Crippen LogP contribution in [-0.4, -0.2) is 137 Å². The average Bonchev–Trinajstić information content (AvgIpc) is 3.50. The number of nitrogens with one attached hydrogen (secondary N) is 3. The van der Waals surface area contributed by atoms with E-state index < -0.39 is 60.6 Å². The summed E-state index contributed by atoms with van der Waals surface area (Å²) in [6.45, 7) is 11.7. The molecule has 1 fully saturated rings. The minimum Gasteiger partial charge on any atom is -0.379 e. The second-order valence-corrected chi connectivity index (χ2v) is 14.3. The number of hydrogen-bond donors (Lipinski definition) is 3. The first-order valence-electron chi connectivity index (χ1n) is 18.1. The Morgan fingerprint density at radius 1 is 0.904 bits per heavy atom. The van der Waals surface area contributed by atoms with Gasteiger partial charge in [0.2, 0.25) is 17.7 Å². The lowest BCUT2D eigenvalue weighted by Crippen LogP contribution is -2.59. The number of carbonyl (C=O) groups excluding carboxylic acids is 5. The van der Waals surface area contributed by atoms with E-state index in [1.807, 2.05) is 47.6 Å². The van der Waals surface area contributed by atoms with Crippen LogP contribution in [0.1, 0.15) is 66.0 Å². The van der Waals surface area contributed by atoms with Crippen LogP contribution in [-0.2, 0) is 42.9 Å². The number of rotatable bonds is 21. The molecule has 0 aromatic heterocycles. The first-order chi connectivity index (χ1) is 24.6. The fraction of sp³-hybridized carbons (Fsp3) is 0.711. The number of hydrogen-bond acceptors (Lipinski definition) is 10. The molecule has 0 aliphatic carbocycles. The molecule has 10 atom stereocenters. The van der Waals surface area contributed by atoms with Crippen molar-refractivity contribution in [2.24, 2.45) is 17.8 Å². The van der Waals surface area contributed by atoms with Gasteiger partial charge < -0.3 is 49.5 Å². The first-order valence-corrected chi connectivity index (χ1v) is 18.1. The van der Waals surface area contributed by atoms with Crippen molar-refractivity contribution in [1.29, 1.82) is 0 Å². The average molecular weight is 734 g/mol. The van der Waals surface area contributed by atoms with Crippen molar-refractivity contribution in [3.05, 3.63) is 35.9 Å². The van der Waals surface area contributed by atoms with Crippen molar-refractivity contribution < 1.29 is 42.9 Å². The highest BCUT2D eigenvalue weighted by Crippen LogP contribution is 2.28. The van der Waals surface area contributed by atoms with Crippen molar-refractivity contribution in [1.82, 2.24) is 25.8 Å². The van der Waals surface area contributed by atoms with Crippen molar-refractivity contribution in [2.45, 2.75) is 109 Å². The molecule has 0 saturated carbocycles. The smallest absolute Gasteiger partial charge is 0.252 e. The van der Waals surface area contributed by atoms with Crippen LogP contribution >= 0.6 is 0 Å². The van der Waals surface area contributed by atoms with Crippen molar-refractivity contribution >= 4 is 29.9 Å². The molecule has 0 radical (unpaired) electrons. The monoisotopic (exact) mass is 733 g/mol. The quantitative estimate of drug-likeness (QED) is 0.159. The van der Waals surface area contributed by atoms with E-state index in [0.29, 0.717) is 18.3 Å². The van der Waals surface area contributed by atoms with E-state index >= 15 is 0 Å². The summed E-state index contributed by atoms with van der Waals surface area (Å²) in [6.07, 6.45) is -2.75. The fourth-order valence-electron chi connectivity index (χ4n) is 7.14. The summed E-state index contributed by atoms with van der Waals surface area (Å²) in [7, 11) is 9.51. The van der Waals surface area contributed by atoms with Crippen molar-refractivity contribution in [2.75, 3.05) is 49.0 Å². The minimum absolute atomic E-state index is 0.000782. The number of methoxy groups -OCH3 is 3. The van der Waals surface area contributed by atoms with Gasteiger partial charge in [0.1, 0.15) is 36.7 Å². The van der Waals surface area contributed by atoms with Gasteiger partial charge in [0.15, 0.2) is 6.10 Å². The second kappa shape index (κ2) is 21.3. The molecule has 1 aliphatic rings. The molecule has 2 rings (SSSR count). The lowest BCUT2D eigenvalue weighted by molar-refractivity contribution is -0.152. The molecule has 14 heteroatoms. The SMILES string of the molecule is CC[C@H](C)[C@@H](C(CC(=O)NC[C@H]1O[C@H](C(=O)N[C@H](C=O)c2ccccc2)[C@@H](OC)[C@@H]1OC)OC)N(C)C(=O)[C@H](C(C)C)N(C)C(=O)[C@@H](NC)C(C)C. The third-order valence-electron chi connectivity index (χ3n) is 10.2. The highest BCUT2D eigenvalue weighted by molar-refractivity contribution is 5.90. The number of likely N-dealkylation sites (N-methyl/N-ethyl adjacent to an activating group) is 3. The Morgan fingerprint density at radius 2 is 1.52 bits per heavy atom. The molecule has 0 bridgehead atoms. The predicted molar refractivity (Wildman–Crippen MR) is 197 cm³/mol. The standard InChI is InChI=1S/C38H63N5O9/c1-13-24(6)32(43(9)38(48)31(23(4)5)42(8)37(47)30(39-7)22(2)3)27(49-10)19-29(45)40-20-28-33(50-11)34(51-12)35(52-28)36(46)41-26(21-44)25-17-15-14-16-18-25/h14-18,21-24,26-28,30-35,39H,13,19-20H2,1-12H3,(H,40,45)(H,41,46)/t24-,26+,27?,28+,30-,31-,32-,33+,34-,35-/m0/s1. The molecule has 1 aromatic rings. The zero-order valence-electron chi connectivity index (χ0n) is 33.1. The predicted octanol–water partition coefficient (Wildman–Crippen LogP) is 1.96. The van der Waals surface area contributed by atoms with E-state index in [2.05, 4.69) is 16.0 Å². The van der Waals surface area contributed by atoms with Crippen LogP contribution in [0.4, 0.5) is 0 Å². The Balaban J connectivity index is 2.20. The summed E-state index contributed by atoms with van der Waals surface area (Å²) in [5.41, 5.74) is 0.620. The lowest BCUT2D eigenvalue weighted by atomic mass is 9.89. The van der Waals surface area contributed by atoms with E-state index in [4.69, 9.17) is 18.9 Å². The van der Waals surface area contributed by atoms with E-state index in [1.165, 1.54) is 26.2 Å². The zero-order chi connectivity index (χ0) is 39.3. The zero-order valence-corrected chi connectivity index (χ0v) is 33.1. The van der Waals surface area contributed by atoms with Crippen molar-refractivity contribution in [3.63, 3.8) is 0 Å². The molecule has 3 N–H and O–H groups in total. The number of aldehydes is 1. The number of nitrogens with zero attached hydrogens (tertiary/aromatic N) is 2. The first kappa shape index (κ1) is 44.7. The van der Waals surface area contributed by atoms with Gasteiger partial charge in [-0.1, -0.05) is 78.3 Å². The van der Waals surface area contributed by atoms with Gasteiger partial charge in [0.05, 0.1) is 24.6 Å². The lowest BCUT2D eigenvalue weighted by Gasteiger charge is -2.42. The van der Waals surface area contributed by atoms with Gasteiger partial charge >= 0.3 is 0 Å². The van der Waals surface area contributed by atoms with Crippen LogP contribution in [0.25, 0.3) is 0 Å². The van der Waals surface area contributed by atoms with Gasteiger partial charge in [-0.15, -0.1) is 0 Å². The van der Waals surface area contributed by atoms with E-state index in [1.54, 1.807) is 50.3 Å². The molecule has 0 spiro atoms. The van der Waals surface area contributed by atoms with Crippen LogP contribution in [0.3, 0.4) is 0 Å². The summed E-state index contributed by atoms with van der Waals surface area (Å²) >= 11 is 0. The number of ether oxygens (including phenoxy) is 4. The number of benzene rings is 1. The topological polar surface area (TPSA) is 165 Å². The maximum absolute atomic E-state index is 14.2. The number of amides is 4. The highest BCUT2D eigenvalue weighted by Gasteiger charge is 2.49. The van der Waals surface area contributed by atoms with Gasteiger partial charge in [-0.2, -0.15) is 0 Å². The second-order valence-electron chi connectivity index (χ2n) is 14.3. The maximum Gasteiger partial charge on any atom is 0.252 e. The van der Waals surface area contributed by atoms with Crippen LogP contribution in [0.5, 0.6) is 0 Å². The fourth-order valence-corrected chi connectivity index (χ4v) is 7.14. The summed E-state index contributed by atoms with van der Waals surface area (Å²) in [6, 6.07) is 6.28. The molecule has 294 valence electrons. The van der Waals surface area contributed by atoms with Crippen molar-refractivity contribution in [3.8, 4) is 0 Å². The Morgan fingerprint density at radius 3 is 2.00 bits per heavy atom. The molecule has 1 heterocycles. The van der Waals surface area contributed by atoms with Gasteiger partial charge in [-0.05, 0) is 30.4 Å². The van der Waals surface area contributed by atoms with Gasteiger partial charge in [0.25, 0.3) is 5.91 Å². The largest absolute Gasteiger partial charge is 0.379 e. The third kappa shape index (κ3) is 11.0. The molecule has 1 unspecified atom stereocenters. The summed E-state index contributed by atoms with van der Waals surface area (Å²) in [5, 5.41) is 8.68. The summed E-state index contributed by atoms with van der Waals surface area (Å²) in [4.78, 5) is 69.5. The molecule has 14 nitrogen and oxygen atoms in total.